The molecule has 0 aliphatic rings. The van der Waals surface area contributed by atoms with Gasteiger partial charge in [0.05, 0.1) is 23.0 Å². The lowest BCUT2D eigenvalue weighted by Gasteiger charge is -2.08. The number of allylic oxidation sites excluding steroid dienone is 1. The molecule has 3 aromatic rings. The molecule has 0 radical (unpaired) electrons. The Kier molecular flexibility index (Phi) is 5.95. The molecule has 30 heavy (non-hydrogen) atoms. The molecule has 156 valence electrons. The molecule has 2 heterocycles. The Morgan fingerprint density at radius 1 is 1.13 bits per heavy atom. The molecule has 3 rings (SSSR count). The fourth-order valence-corrected chi connectivity index (χ4v) is 2.64. The topological polar surface area (TPSA) is 57.0 Å². The van der Waals surface area contributed by atoms with Crippen molar-refractivity contribution in [3.05, 3.63) is 77.3 Å². The van der Waals surface area contributed by atoms with Gasteiger partial charge in [0.2, 0.25) is 0 Å². The fourth-order valence-electron chi connectivity index (χ4n) is 2.64. The Labute approximate surface area is 167 Å². The Balaban J connectivity index is 1.82. The van der Waals surface area contributed by atoms with E-state index in [0.717, 1.165) is 12.1 Å². The molecule has 0 atom stereocenters. The molecule has 0 bridgehead atoms. The van der Waals surface area contributed by atoms with Gasteiger partial charge in [-0.3, -0.25) is 4.79 Å². The van der Waals surface area contributed by atoms with Gasteiger partial charge in [0.25, 0.3) is 0 Å². The number of carbonyl (C=O) groups is 1. The number of hydrogen-bond donors (Lipinski definition) is 0. The highest BCUT2D eigenvalue weighted by atomic mass is 19.4. The van der Waals surface area contributed by atoms with E-state index in [4.69, 9.17) is 0 Å². The van der Waals surface area contributed by atoms with Crippen LogP contribution in [0.2, 0.25) is 0 Å². The van der Waals surface area contributed by atoms with Gasteiger partial charge in [0.15, 0.2) is 11.6 Å². The minimum Gasteiger partial charge on any atom is -0.434 e. The quantitative estimate of drug-likeness (QED) is 0.315. The zero-order chi connectivity index (χ0) is 21.9. The van der Waals surface area contributed by atoms with Crippen LogP contribution < -0.4 is 4.74 Å². The maximum atomic E-state index is 12.7. The summed E-state index contributed by atoms with van der Waals surface area (Å²) in [5, 5.41) is 4.01. The number of carbonyl (C=O) groups excluding carboxylic acids is 1. The predicted octanol–water partition coefficient (Wildman–Crippen LogP) is 5.09. The zero-order valence-electron chi connectivity index (χ0n) is 15.4. The Morgan fingerprint density at radius 3 is 2.50 bits per heavy atom. The number of alkyl halides is 5. The summed E-state index contributed by atoms with van der Waals surface area (Å²) in [4.78, 5) is 16.2. The number of ketones is 1. The highest BCUT2D eigenvalue weighted by Gasteiger charge is 2.30. The molecule has 10 heteroatoms. The summed E-state index contributed by atoms with van der Waals surface area (Å²) in [7, 11) is 0. The average molecular weight is 423 g/mol. The first-order valence-electron chi connectivity index (χ1n) is 8.51. The van der Waals surface area contributed by atoms with E-state index in [1.807, 2.05) is 0 Å². The van der Waals surface area contributed by atoms with Crippen LogP contribution in [0.5, 0.6) is 5.75 Å². The van der Waals surface area contributed by atoms with Gasteiger partial charge in [0, 0.05) is 11.8 Å². The van der Waals surface area contributed by atoms with E-state index in [2.05, 4.69) is 14.8 Å². The van der Waals surface area contributed by atoms with E-state index < -0.39 is 24.1 Å². The van der Waals surface area contributed by atoms with Crippen LogP contribution in [0, 0.1) is 6.92 Å². The first-order chi connectivity index (χ1) is 14.2. The van der Waals surface area contributed by atoms with E-state index in [0.29, 0.717) is 11.9 Å². The number of nitrogens with zero attached hydrogens (tertiary/aromatic N) is 3. The normalized spacial score (nSPS) is 12.0. The summed E-state index contributed by atoms with van der Waals surface area (Å²) in [6.45, 7) is -1.45. The minimum absolute atomic E-state index is 0.0853. The van der Waals surface area contributed by atoms with Gasteiger partial charge in [-0.05, 0) is 37.3 Å². The van der Waals surface area contributed by atoms with Crippen LogP contribution in [0.25, 0.3) is 11.9 Å². The lowest BCUT2D eigenvalue weighted by Crippen LogP contribution is -2.08. The number of rotatable bonds is 6. The van der Waals surface area contributed by atoms with Gasteiger partial charge in [-0.2, -0.15) is 27.1 Å². The summed E-state index contributed by atoms with van der Waals surface area (Å²) >= 11 is 0. The van der Waals surface area contributed by atoms with Crippen LogP contribution in [0.1, 0.15) is 27.2 Å². The maximum absolute atomic E-state index is 12.7. The van der Waals surface area contributed by atoms with E-state index in [9.17, 15) is 26.7 Å². The zero-order valence-corrected chi connectivity index (χ0v) is 15.4. The van der Waals surface area contributed by atoms with Crippen molar-refractivity contribution < 1.29 is 31.5 Å². The van der Waals surface area contributed by atoms with Crippen LogP contribution in [-0.2, 0) is 6.18 Å². The lowest BCUT2D eigenvalue weighted by molar-refractivity contribution is -0.137. The number of pyridine rings is 1. The van der Waals surface area contributed by atoms with Gasteiger partial charge in [-0.1, -0.05) is 18.2 Å². The molecule has 0 amide bonds. The molecular weight excluding hydrogens is 409 g/mol. The van der Waals surface area contributed by atoms with Crippen LogP contribution in [0.15, 0.2) is 54.9 Å². The van der Waals surface area contributed by atoms with E-state index in [1.54, 1.807) is 13.0 Å². The van der Waals surface area contributed by atoms with Gasteiger partial charge in [-0.15, -0.1) is 0 Å². The number of benzene rings is 1. The van der Waals surface area contributed by atoms with Crippen molar-refractivity contribution in [2.75, 3.05) is 0 Å². The molecule has 0 saturated carbocycles. The van der Waals surface area contributed by atoms with Crippen molar-refractivity contribution in [2.45, 2.75) is 19.7 Å². The lowest BCUT2D eigenvalue weighted by atomic mass is 10.1. The van der Waals surface area contributed by atoms with Crippen molar-refractivity contribution in [2.24, 2.45) is 0 Å². The summed E-state index contributed by atoms with van der Waals surface area (Å²) in [5.41, 5.74) is -0.0881. The van der Waals surface area contributed by atoms with Gasteiger partial charge >= 0.3 is 12.8 Å². The summed E-state index contributed by atoms with van der Waals surface area (Å²) in [6.07, 6.45) is -0.0863. The maximum Gasteiger partial charge on any atom is 0.417 e. The molecule has 0 N–H and O–H groups in total. The molecule has 0 spiro atoms. The minimum atomic E-state index is -4.51. The van der Waals surface area contributed by atoms with Gasteiger partial charge in [0.1, 0.15) is 5.75 Å². The van der Waals surface area contributed by atoms with Gasteiger partial charge in [-0.25, -0.2) is 9.67 Å². The van der Waals surface area contributed by atoms with E-state index in [1.165, 1.54) is 41.2 Å². The molecular formula is C20H14F5N3O2. The van der Waals surface area contributed by atoms with Crippen molar-refractivity contribution >= 4 is 11.9 Å². The molecule has 1 aromatic carbocycles. The second-order valence-electron chi connectivity index (χ2n) is 6.07. The number of aromatic nitrogens is 3. The highest BCUT2D eigenvalue weighted by molar-refractivity contribution is 6.07. The molecule has 0 aliphatic heterocycles. The molecule has 0 fully saturated rings. The number of para-hydroxylation sites is 1. The van der Waals surface area contributed by atoms with Crippen molar-refractivity contribution in [1.82, 2.24) is 14.8 Å². The monoisotopic (exact) mass is 423 g/mol. The second-order valence-corrected chi connectivity index (χ2v) is 6.07. The third-order valence-electron chi connectivity index (χ3n) is 4.12. The highest BCUT2D eigenvalue weighted by Crippen LogP contribution is 2.29. The van der Waals surface area contributed by atoms with Gasteiger partial charge < -0.3 is 4.74 Å². The predicted molar refractivity (Wildman–Crippen MR) is 97.5 cm³/mol. The summed E-state index contributed by atoms with van der Waals surface area (Å²) in [5.74, 6) is -0.449. The number of ether oxygens (including phenoxy) is 1. The molecule has 2 aromatic heterocycles. The molecule has 5 nitrogen and oxygen atoms in total. The Morgan fingerprint density at radius 2 is 1.87 bits per heavy atom. The van der Waals surface area contributed by atoms with Crippen LogP contribution in [0.4, 0.5) is 22.0 Å². The molecule has 0 aliphatic carbocycles. The third kappa shape index (κ3) is 4.70. The van der Waals surface area contributed by atoms with Crippen LogP contribution in [-0.4, -0.2) is 27.2 Å². The van der Waals surface area contributed by atoms with Crippen molar-refractivity contribution in [1.29, 1.82) is 0 Å². The number of hydrogen-bond acceptors (Lipinski definition) is 4. The standard InChI is InChI=1S/C20H14F5N3O2/c1-12-15(11-27-28(12)18-9-7-14(10-26-18)20(23,24)25)16(29)8-6-13-4-2-3-5-17(13)30-19(21)22/h2-11,19H,1H3/b8-6+. The Bertz CT molecular complexity index is 1070. The van der Waals surface area contributed by atoms with Crippen molar-refractivity contribution in [3.8, 4) is 11.6 Å². The third-order valence-corrected chi connectivity index (χ3v) is 4.12. The Hall–Kier alpha value is -3.56. The van der Waals surface area contributed by atoms with E-state index in [-0.39, 0.29) is 22.7 Å². The van der Waals surface area contributed by atoms with Crippen molar-refractivity contribution in [3.63, 3.8) is 0 Å². The summed E-state index contributed by atoms with van der Waals surface area (Å²) in [6, 6.07) is 7.97. The summed E-state index contributed by atoms with van der Waals surface area (Å²) < 4.78 is 68.6. The van der Waals surface area contributed by atoms with Crippen LogP contribution >= 0.6 is 0 Å². The SMILES string of the molecule is Cc1c(C(=O)/C=C/c2ccccc2OC(F)F)cnn1-c1ccc(C(F)(F)F)cn1. The first kappa shape index (κ1) is 21.2. The molecule has 0 unspecified atom stereocenters. The first-order valence-corrected chi connectivity index (χ1v) is 8.51. The van der Waals surface area contributed by atoms with Crippen LogP contribution in [0.3, 0.4) is 0 Å². The molecule has 0 saturated heterocycles. The smallest absolute Gasteiger partial charge is 0.417 e. The largest absolute Gasteiger partial charge is 0.434 e. The van der Waals surface area contributed by atoms with E-state index >= 15 is 0 Å². The second kappa shape index (κ2) is 8.44. The number of halogens is 5. The average Bonchev–Trinajstić information content (AvgIpc) is 3.07. The fraction of sp³-hybridized carbons (Fsp3) is 0.150.